The van der Waals surface area contributed by atoms with Crippen molar-refractivity contribution in [2.24, 2.45) is 0 Å². The minimum atomic E-state index is -8.20. The van der Waals surface area contributed by atoms with E-state index in [0.29, 0.717) is 14.1 Å². The Morgan fingerprint density at radius 1 is 0.298 bits per heavy atom. The second kappa shape index (κ2) is 12.2. The maximum absolute atomic E-state index is 13.9. The van der Waals surface area contributed by atoms with Crippen LogP contribution < -0.4 is 0 Å². The topological polar surface area (TPSA) is 0 Å². The molecule has 0 heterocycles. The molecule has 0 atom stereocenters. The maximum atomic E-state index is 13.9. The van der Waals surface area contributed by atoms with Gasteiger partial charge in [0.05, 0.1) is 27.2 Å². The van der Waals surface area contributed by atoms with Gasteiger partial charge < -0.3 is 4.48 Å². The van der Waals surface area contributed by atoms with E-state index >= 15 is 0 Å². The normalized spacial score (nSPS) is 16.6. The molecule has 0 aromatic rings. The summed E-state index contributed by atoms with van der Waals surface area (Å²) in [6.07, 6.45) is -24.2. The molecule has 0 aliphatic heterocycles. The monoisotopic (exact) mass is 766 g/mol. The third-order valence-corrected chi connectivity index (χ3v) is 6.51. The Hall–Kier alpha value is -1.86. The van der Waals surface area contributed by atoms with E-state index in [0.717, 1.165) is 0 Å². The van der Waals surface area contributed by atoms with Crippen LogP contribution in [0.2, 0.25) is 0 Å². The lowest BCUT2D eigenvalue weighted by Gasteiger charge is -2.40. The minimum Gasteiger partial charge on any atom is -0.328 e. The van der Waals surface area contributed by atoms with Crippen LogP contribution in [0, 0.1) is 0 Å². The van der Waals surface area contributed by atoms with Crippen LogP contribution in [0.1, 0.15) is 25.7 Å². The van der Waals surface area contributed by atoms with Gasteiger partial charge in [0, 0.05) is 25.7 Å². The first kappa shape index (κ1) is 45.1. The van der Waals surface area contributed by atoms with Gasteiger partial charge in [-0.15, -0.1) is 0 Å². The van der Waals surface area contributed by atoms with Crippen molar-refractivity contribution in [1.29, 1.82) is 0 Å². The van der Waals surface area contributed by atoms with Gasteiger partial charge in [-0.05, 0) is 0 Å². The summed E-state index contributed by atoms with van der Waals surface area (Å²) >= 11 is 0. The maximum Gasteiger partial charge on any atom is 0.460 e. The average molecular weight is 766 g/mol. The molecule has 0 spiro atoms. The summed E-state index contributed by atoms with van der Waals surface area (Å²) in [5, 5.41) is 0. The van der Waals surface area contributed by atoms with Crippen molar-refractivity contribution in [3.63, 3.8) is 0 Å². The highest BCUT2D eigenvalue weighted by Crippen LogP contribution is 2.62. The summed E-state index contributed by atoms with van der Waals surface area (Å²) in [4.78, 5) is 0. The van der Waals surface area contributed by atoms with Gasteiger partial charge in [0.15, 0.2) is 0 Å². The molecule has 0 rings (SSSR count). The molecular weight excluding hydrogens is 748 g/mol. The third-order valence-electron chi connectivity index (χ3n) is 6.51. The molecule has 0 aliphatic carbocycles. The van der Waals surface area contributed by atoms with Crippen molar-refractivity contribution >= 4 is 0 Å². The minimum absolute atomic E-state index is 0.631. The van der Waals surface area contributed by atoms with E-state index < -0.39 is 115 Å². The Bertz CT molecular complexity index is 981. The van der Waals surface area contributed by atoms with Crippen LogP contribution in [0.3, 0.4) is 0 Å². The molecule has 0 aromatic carbocycles. The highest BCUT2D eigenvalue weighted by Gasteiger charge is 2.92. The van der Waals surface area contributed by atoms with Gasteiger partial charge in [-0.25, -0.2) is 0 Å². The molecule has 284 valence electrons. The van der Waals surface area contributed by atoms with Gasteiger partial charge in [0.1, 0.15) is 0 Å². The molecule has 0 saturated heterocycles. The standard InChI is InChI=1S/C20H18F26N/c1-47(2,7-3-5-9(21,22)11(25,26)13(29,30)15(33,34)17(37,38)19(41,42)43)8-4-6-10(23,24)12(27,28)14(31,32)16(35,36)18(39,40)20(44,45)46/h3-8H2,1-2H3/q+1. The molecule has 1 nitrogen and oxygen atoms in total. The zero-order chi connectivity index (χ0) is 38.7. The van der Waals surface area contributed by atoms with Gasteiger partial charge in [0.2, 0.25) is 0 Å². The molecular formula is C20H18F26N+. The fourth-order valence-electron chi connectivity index (χ4n) is 3.49. The van der Waals surface area contributed by atoms with Crippen LogP contribution in [0.15, 0.2) is 0 Å². The van der Waals surface area contributed by atoms with Crippen molar-refractivity contribution in [3.05, 3.63) is 0 Å². The van der Waals surface area contributed by atoms with Gasteiger partial charge in [-0.1, -0.05) is 0 Å². The van der Waals surface area contributed by atoms with E-state index in [4.69, 9.17) is 0 Å². The Kier molecular flexibility index (Phi) is 11.7. The Labute approximate surface area is 244 Å². The van der Waals surface area contributed by atoms with Crippen LogP contribution in [-0.4, -0.2) is 103 Å². The largest absolute Gasteiger partial charge is 0.460 e. The zero-order valence-corrected chi connectivity index (χ0v) is 22.5. The van der Waals surface area contributed by atoms with Crippen molar-refractivity contribution < 1.29 is 119 Å². The fourth-order valence-corrected chi connectivity index (χ4v) is 3.49. The van der Waals surface area contributed by atoms with Crippen molar-refractivity contribution in [1.82, 2.24) is 0 Å². The quantitative estimate of drug-likeness (QED) is 0.108. The molecule has 27 heteroatoms. The van der Waals surface area contributed by atoms with Crippen LogP contribution in [0.25, 0.3) is 0 Å². The summed E-state index contributed by atoms with van der Waals surface area (Å²) in [6, 6.07) is 0. The van der Waals surface area contributed by atoms with Gasteiger partial charge in [-0.2, -0.15) is 114 Å². The van der Waals surface area contributed by atoms with E-state index in [1.807, 2.05) is 0 Å². The second-order valence-corrected chi connectivity index (χ2v) is 10.6. The van der Waals surface area contributed by atoms with E-state index in [1.54, 1.807) is 0 Å². The SMILES string of the molecule is C[N+](C)(CCCC(F)(F)C(F)(F)C(F)(F)C(F)(F)C(F)(F)C(F)(F)F)CCCC(F)(F)C(F)(F)C(F)(F)C(F)(F)C(F)(F)C(F)(F)F. The summed E-state index contributed by atoms with van der Waals surface area (Å²) in [6.45, 7) is -2.50. The summed E-state index contributed by atoms with van der Waals surface area (Å²) in [5.74, 6) is -77.1. The smallest absolute Gasteiger partial charge is 0.328 e. The number of quaternary nitrogens is 1. The Morgan fingerprint density at radius 3 is 0.681 bits per heavy atom. The lowest BCUT2D eigenvalue weighted by molar-refractivity contribution is -0.891. The zero-order valence-electron chi connectivity index (χ0n) is 22.5. The predicted octanol–water partition coefficient (Wildman–Crippen LogP) is 10.1. The fraction of sp³-hybridized carbons (Fsp3) is 1.00. The summed E-state index contributed by atoms with van der Waals surface area (Å²) in [7, 11) is 1.26. The Balaban J connectivity index is 5.79. The van der Waals surface area contributed by atoms with E-state index in [1.165, 1.54) is 0 Å². The lowest BCUT2D eigenvalue weighted by Crippen LogP contribution is -2.70. The van der Waals surface area contributed by atoms with Crippen molar-refractivity contribution in [2.75, 3.05) is 27.2 Å². The summed E-state index contributed by atoms with van der Waals surface area (Å²) in [5.41, 5.74) is 0. The van der Waals surface area contributed by atoms with Gasteiger partial charge >= 0.3 is 71.6 Å². The number of alkyl halides is 26. The Morgan fingerprint density at radius 2 is 0.489 bits per heavy atom. The predicted molar refractivity (Wildman–Crippen MR) is 102 cm³/mol. The molecule has 0 N–H and O–H groups in total. The number of nitrogens with zero attached hydrogens (tertiary/aromatic N) is 1. The molecule has 0 fully saturated rings. The first-order chi connectivity index (χ1) is 19.9. The molecule has 0 aliphatic rings. The number of halogens is 26. The van der Waals surface area contributed by atoms with Crippen LogP contribution in [0.5, 0.6) is 0 Å². The van der Waals surface area contributed by atoms with E-state index in [2.05, 4.69) is 0 Å². The molecule has 0 aromatic heterocycles. The number of hydrogen-bond donors (Lipinski definition) is 0. The first-order valence-electron chi connectivity index (χ1n) is 11.6. The molecule has 0 radical (unpaired) electrons. The molecule has 47 heavy (non-hydrogen) atoms. The first-order valence-corrected chi connectivity index (χ1v) is 11.6. The third kappa shape index (κ3) is 7.23. The highest BCUT2D eigenvalue weighted by molar-refractivity contribution is 5.11. The molecule has 0 saturated carbocycles. The number of hydrogen-bond acceptors (Lipinski definition) is 0. The van der Waals surface area contributed by atoms with E-state index in [-0.39, 0.29) is 0 Å². The second-order valence-electron chi connectivity index (χ2n) is 10.6. The molecule has 0 amide bonds. The average Bonchev–Trinajstić information content (AvgIpc) is 2.80. The van der Waals surface area contributed by atoms with E-state index in [9.17, 15) is 114 Å². The lowest BCUT2D eigenvalue weighted by atomic mass is 9.91. The van der Waals surface area contributed by atoms with Crippen molar-refractivity contribution in [3.8, 4) is 0 Å². The summed E-state index contributed by atoms with van der Waals surface area (Å²) < 4.78 is 340. The van der Waals surface area contributed by atoms with Gasteiger partial charge in [0.25, 0.3) is 0 Å². The number of rotatable bonds is 16. The highest BCUT2D eigenvalue weighted by atomic mass is 19.4. The molecule has 0 bridgehead atoms. The van der Waals surface area contributed by atoms with Crippen molar-refractivity contribution in [2.45, 2.75) is 97.3 Å². The van der Waals surface area contributed by atoms with Crippen LogP contribution in [0.4, 0.5) is 114 Å². The van der Waals surface area contributed by atoms with Gasteiger partial charge in [-0.3, -0.25) is 0 Å². The van der Waals surface area contributed by atoms with Crippen LogP contribution in [-0.2, 0) is 0 Å². The van der Waals surface area contributed by atoms with Crippen LogP contribution >= 0.6 is 0 Å². The molecule has 0 unspecified atom stereocenters.